The molecule has 9 rings (SSSR count). The summed E-state index contributed by atoms with van der Waals surface area (Å²) in [4.78, 5) is 5.15. The van der Waals surface area contributed by atoms with Crippen LogP contribution < -0.4 is 15.9 Å². The molecule has 1 aromatic heterocycles. The van der Waals surface area contributed by atoms with Gasteiger partial charge in [0.25, 0.3) is 0 Å². The number of fused-ring (bicyclic) bond motifs is 7. The van der Waals surface area contributed by atoms with Gasteiger partial charge < -0.3 is 0 Å². The molecule has 3 heterocycles. The van der Waals surface area contributed by atoms with Crippen LogP contribution in [-0.4, -0.2) is 4.98 Å². The Morgan fingerprint density at radius 1 is 0.545 bits per heavy atom. The van der Waals surface area contributed by atoms with E-state index in [1.165, 1.54) is 59.7 Å². The Kier molecular flexibility index (Phi) is 6.12. The minimum atomic E-state index is -0.776. The maximum Gasteiger partial charge on any atom is 0.0595 e. The van der Waals surface area contributed by atoms with Gasteiger partial charge in [-0.3, -0.25) is 4.98 Å². The Bertz CT molecular complexity index is 2190. The van der Waals surface area contributed by atoms with Gasteiger partial charge in [-0.1, -0.05) is 120 Å². The van der Waals surface area contributed by atoms with Crippen molar-refractivity contribution in [1.82, 2.24) is 4.98 Å². The number of pyridine rings is 1. The molecule has 0 bridgehead atoms. The largest absolute Gasteiger partial charge is 0.296 e. The summed E-state index contributed by atoms with van der Waals surface area (Å²) in [6, 6.07) is 46.8. The van der Waals surface area contributed by atoms with Gasteiger partial charge in [0.2, 0.25) is 0 Å². The van der Waals surface area contributed by atoms with Gasteiger partial charge in [-0.05, 0) is 95.5 Å². The first-order valence-electron chi connectivity index (χ1n) is 15.1. The minimum Gasteiger partial charge on any atom is -0.296 e. The molecule has 44 heavy (non-hydrogen) atoms. The molecule has 0 saturated carbocycles. The zero-order chi connectivity index (χ0) is 29.1. The van der Waals surface area contributed by atoms with Gasteiger partial charge in [0.05, 0.1) is 5.52 Å². The summed E-state index contributed by atoms with van der Waals surface area (Å²) in [5.41, 5.74) is 8.34. The van der Waals surface area contributed by atoms with Crippen LogP contribution in [-0.2, 0) is 30.9 Å². The van der Waals surface area contributed by atoms with E-state index < -0.39 is 7.92 Å². The standard InChI is InChI=1S/C41H31NP.Ir/c1-40(2)31-19-26-12-5-7-14-28(26)23-37(31)43-38-24-29-15-8-6-13-27(29)20-32(38)41(3,4)34-22-30(21-33(40)39(34)43)36-18-17-25-11-9-10-16-35(25)42-36;/h5-21,23-24H,1-4H3;/q-1;. The third-order valence-corrected chi connectivity index (χ3v) is 12.6. The number of hydrogen-bond acceptors (Lipinski definition) is 1. The van der Waals surface area contributed by atoms with Crippen molar-refractivity contribution < 1.29 is 20.1 Å². The predicted octanol–water partition coefficient (Wildman–Crippen LogP) is 9.04. The molecule has 1 nitrogen and oxygen atoms in total. The zero-order valence-electron chi connectivity index (χ0n) is 25.2. The van der Waals surface area contributed by atoms with Crippen molar-refractivity contribution in [3.8, 4) is 11.3 Å². The molecule has 2 aliphatic rings. The summed E-state index contributed by atoms with van der Waals surface area (Å²) in [5, 5.41) is 10.9. The maximum atomic E-state index is 5.15. The normalized spacial score (nSPS) is 17.0. The summed E-state index contributed by atoms with van der Waals surface area (Å²) in [6.45, 7) is 9.65. The van der Waals surface area contributed by atoms with Gasteiger partial charge in [-0.2, -0.15) is 0 Å². The van der Waals surface area contributed by atoms with Crippen LogP contribution in [0.25, 0.3) is 43.7 Å². The van der Waals surface area contributed by atoms with Crippen molar-refractivity contribution in [2.45, 2.75) is 38.5 Å². The van der Waals surface area contributed by atoms with Crippen LogP contribution in [0.1, 0.15) is 49.9 Å². The monoisotopic (exact) mass is 761 g/mol. The minimum absolute atomic E-state index is 0. The van der Waals surface area contributed by atoms with E-state index in [1.807, 2.05) is 0 Å². The van der Waals surface area contributed by atoms with Crippen molar-refractivity contribution in [3.63, 3.8) is 0 Å². The Balaban J connectivity index is 0.00000289. The quantitative estimate of drug-likeness (QED) is 0.120. The SMILES string of the molecule is CC1(C)c2[c-]c(-c3ccc4ccccc4n3)cc3c2P(c2cc4ccccc4cc21)c1cc2ccccc2cc1C3(C)C.[Ir]. The molecule has 0 aliphatic carbocycles. The second kappa shape index (κ2) is 9.66. The van der Waals surface area contributed by atoms with Gasteiger partial charge in [-0.15, -0.1) is 28.8 Å². The van der Waals surface area contributed by atoms with Gasteiger partial charge in [-0.25, -0.2) is 0 Å². The third-order valence-electron chi connectivity index (χ3n) is 9.99. The van der Waals surface area contributed by atoms with Gasteiger partial charge in [0.15, 0.2) is 0 Å². The molecule has 1 atom stereocenters. The second-order valence-corrected chi connectivity index (χ2v) is 15.3. The molecular weight excluding hydrogens is 730 g/mol. The molecule has 0 saturated heterocycles. The zero-order valence-corrected chi connectivity index (χ0v) is 28.5. The van der Waals surface area contributed by atoms with Gasteiger partial charge in [0, 0.05) is 20.1 Å². The number of nitrogens with zero attached hydrogens (tertiary/aromatic N) is 1. The smallest absolute Gasteiger partial charge is 0.0595 e. The Labute approximate surface area is 273 Å². The molecule has 1 radical (unpaired) electrons. The van der Waals surface area contributed by atoms with Crippen molar-refractivity contribution in [2.24, 2.45) is 0 Å². The topological polar surface area (TPSA) is 12.9 Å². The molecule has 6 aromatic carbocycles. The molecule has 215 valence electrons. The number of rotatable bonds is 1. The first-order chi connectivity index (χ1) is 20.8. The molecule has 2 aliphatic heterocycles. The predicted molar refractivity (Wildman–Crippen MR) is 184 cm³/mol. The molecule has 0 fully saturated rings. The van der Waals surface area contributed by atoms with Crippen LogP contribution in [0.15, 0.2) is 115 Å². The number of hydrogen-bond donors (Lipinski definition) is 0. The molecule has 7 aromatic rings. The average Bonchev–Trinajstić information content (AvgIpc) is 3.03. The summed E-state index contributed by atoms with van der Waals surface area (Å²) < 4.78 is 0. The third kappa shape index (κ3) is 3.81. The van der Waals surface area contributed by atoms with E-state index in [-0.39, 0.29) is 30.9 Å². The van der Waals surface area contributed by atoms with Crippen molar-refractivity contribution in [3.05, 3.63) is 144 Å². The summed E-state index contributed by atoms with van der Waals surface area (Å²) >= 11 is 0. The Morgan fingerprint density at radius 3 is 1.68 bits per heavy atom. The first kappa shape index (κ1) is 27.8. The summed E-state index contributed by atoms with van der Waals surface area (Å²) in [6.07, 6.45) is 0. The fourth-order valence-electron chi connectivity index (χ4n) is 7.57. The average molecular weight is 761 g/mol. The van der Waals surface area contributed by atoms with E-state index in [4.69, 9.17) is 4.98 Å². The molecule has 3 heteroatoms. The van der Waals surface area contributed by atoms with Gasteiger partial charge >= 0.3 is 0 Å². The first-order valence-corrected chi connectivity index (χ1v) is 16.5. The molecule has 0 spiro atoms. The Hall–Kier alpha value is -3.67. The van der Waals surface area contributed by atoms with Crippen molar-refractivity contribution in [2.75, 3.05) is 0 Å². The van der Waals surface area contributed by atoms with Crippen LogP contribution in [0.5, 0.6) is 0 Å². The number of benzene rings is 6. The van der Waals surface area contributed by atoms with Crippen LogP contribution in [0.2, 0.25) is 0 Å². The van der Waals surface area contributed by atoms with Crippen LogP contribution >= 0.6 is 7.92 Å². The second-order valence-electron chi connectivity index (χ2n) is 13.2. The van der Waals surface area contributed by atoms with Crippen LogP contribution in [0.3, 0.4) is 0 Å². The van der Waals surface area contributed by atoms with E-state index in [1.54, 1.807) is 0 Å². The summed E-state index contributed by atoms with van der Waals surface area (Å²) in [7, 11) is -0.776. The van der Waals surface area contributed by atoms with Gasteiger partial charge in [0.1, 0.15) is 0 Å². The molecule has 0 amide bonds. The summed E-state index contributed by atoms with van der Waals surface area (Å²) in [5.74, 6) is 0. The fraction of sp³-hybridized carbons (Fsp3) is 0.146. The van der Waals surface area contributed by atoms with E-state index in [0.29, 0.717) is 0 Å². The van der Waals surface area contributed by atoms with Crippen LogP contribution in [0, 0.1) is 6.07 Å². The van der Waals surface area contributed by atoms with Crippen molar-refractivity contribution >= 4 is 56.3 Å². The van der Waals surface area contributed by atoms with Crippen LogP contribution in [0.4, 0.5) is 0 Å². The van der Waals surface area contributed by atoms with E-state index in [9.17, 15) is 0 Å². The number of aromatic nitrogens is 1. The molecular formula is C41H31IrNP-. The van der Waals surface area contributed by atoms with E-state index >= 15 is 0 Å². The molecule has 1 unspecified atom stereocenters. The number of para-hydroxylation sites is 1. The van der Waals surface area contributed by atoms with E-state index in [2.05, 4.69) is 149 Å². The molecule has 0 N–H and O–H groups in total. The van der Waals surface area contributed by atoms with E-state index in [0.717, 1.165) is 22.2 Å². The maximum absolute atomic E-state index is 5.15. The fourth-order valence-corrected chi connectivity index (χ4v) is 11.2. The van der Waals surface area contributed by atoms with Crippen molar-refractivity contribution in [1.29, 1.82) is 0 Å². The Morgan fingerprint density at radius 2 is 1.07 bits per heavy atom.